The van der Waals surface area contributed by atoms with Gasteiger partial charge in [-0.1, -0.05) is 19.1 Å². The monoisotopic (exact) mass is 968 g/mol. The van der Waals surface area contributed by atoms with Gasteiger partial charge in [0.1, 0.15) is 42.2 Å². The summed E-state index contributed by atoms with van der Waals surface area (Å²) >= 11 is 0. The normalized spacial score (nSPS) is 56.4. The lowest BCUT2D eigenvalue weighted by molar-refractivity contribution is -0.357. The Bertz CT molecular complexity index is 1870. The standard InChI is InChI=1S/C49H76O19/c1-23-37(50)29(54-7)18-34(60-23)65-39-24(2)61-35(19-30(39)55-8)66-40-25(3)62-36(20-31(40)56-9)67-41-26(4)63-44(38(51)42(41)57-10)64-28-12-14-45(5)27(17-28)11-16-48(52)33(45)13-15-47-22-59-46(6)43(47)32(21-58-46)68-49(47,48)53/h11,16-17,23-26,28-44,50-53H,12-15,18-22H2,1-10H3/t23-,24+,25+,26+,28-,29+,30-,31-,32+,33+,34-,35-,36-,37-,38+,39+,40+,41+,42+,43+,44-,45-,46+,47-,48+,49-/m0/s1. The second-order valence-corrected chi connectivity index (χ2v) is 21.6. The molecule has 8 fully saturated rings. The van der Waals surface area contributed by atoms with E-state index >= 15 is 0 Å². The molecule has 19 heteroatoms. The fraction of sp³-hybridized carbons (Fsp3) is 0.918. The minimum absolute atomic E-state index is 0.172. The van der Waals surface area contributed by atoms with E-state index < -0.39 is 133 Å². The number of hydrogen-bond donors (Lipinski definition) is 4. The molecule has 7 aliphatic heterocycles. The topological polar surface area (TPSA) is 219 Å². The van der Waals surface area contributed by atoms with E-state index in [0.717, 1.165) is 5.57 Å². The quantitative estimate of drug-likeness (QED) is 0.221. The number of hydrogen-bond acceptors (Lipinski definition) is 19. The molecule has 4 N–H and O–H groups in total. The first kappa shape index (κ1) is 50.3. The van der Waals surface area contributed by atoms with Gasteiger partial charge in [0, 0.05) is 53.6 Å². The van der Waals surface area contributed by atoms with E-state index in [4.69, 9.17) is 71.1 Å². The van der Waals surface area contributed by atoms with Crippen LogP contribution in [0, 0.1) is 22.7 Å². The molecule has 386 valence electrons. The summed E-state index contributed by atoms with van der Waals surface area (Å²) in [6.07, 6.45) is -2.07. The zero-order valence-corrected chi connectivity index (χ0v) is 41.1. The third kappa shape index (κ3) is 7.87. The van der Waals surface area contributed by atoms with E-state index in [-0.39, 0.29) is 30.7 Å². The van der Waals surface area contributed by atoms with Crippen molar-refractivity contribution in [3.8, 4) is 0 Å². The first-order valence-corrected chi connectivity index (χ1v) is 24.9. The van der Waals surface area contributed by atoms with Crippen LogP contribution in [-0.2, 0) is 71.1 Å². The van der Waals surface area contributed by atoms with Crippen LogP contribution in [0.15, 0.2) is 23.8 Å². The molecule has 68 heavy (non-hydrogen) atoms. The molecule has 0 amide bonds. The summed E-state index contributed by atoms with van der Waals surface area (Å²) in [6, 6.07) is 0. The Morgan fingerprint density at radius 2 is 1.22 bits per heavy atom. The first-order chi connectivity index (χ1) is 32.3. The van der Waals surface area contributed by atoms with Crippen LogP contribution in [0.2, 0.25) is 0 Å². The Hall–Kier alpha value is -1.28. The van der Waals surface area contributed by atoms with Gasteiger partial charge in [0.2, 0.25) is 5.79 Å². The number of rotatable bonds is 12. The number of fused-ring (bicyclic) bond motifs is 4. The van der Waals surface area contributed by atoms with Crippen LogP contribution in [0.1, 0.15) is 86.5 Å². The maximum Gasteiger partial charge on any atom is 0.207 e. The molecule has 10 rings (SSSR count). The van der Waals surface area contributed by atoms with Crippen LogP contribution >= 0.6 is 0 Å². The molecular weight excluding hydrogens is 893 g/mol. The van der Waals surface area contributed by atoms with Crippen molar-refractivity contribution in [2.45, 2.75) is 220 Å². The third-order valence-corrected chi connectivity index (χ3v) is 18.0. The van der Waals surface area contributed by atoms with Crippen LogP contribution in [0.4, 0.5) is 0 Å². The van der Waals surface area contributed by atoms with E-state index in [1.54, 1.807) is 34.3 Å². The number of methoxy groups -OCH3 is 4. The lowest BCUT2D eigenvalue weighted by atomic mass is 9.46. The molecule has 0 aromatic rings. The minimum atomic E-state index is -1.83. The van der Waals surface area contributed by atoms with Gasteiger partial charge in [0.05, 0.1) is 79.5 Å². The van der Waals surface area contributed by atoms with E-state index in [9.17, 15) is 20.4 Å². The van der Waals surface area contributed by atoms with Crippen LogP contribution in [-0.4, -0.2) is 196 Å². The Morgan fingerprint density at radius 3 is 1.84 bits per heavy atom. The van der Waals surface area contributed by atoms with Crippen LogP contribution in [0.5, 0.6) is 0 Å². The maximum atomic E-state index is 12.6. The number of ether oxygens (including phenoxy) is 15. The lowest BCUT2D eigenvalue weighted by Gasteiger charge is -2.62. The Kier molecular flexibility index (Phi) is 13.7. The fourth-order valence-corrected chi connectivity index (χ4v) is 14.3. The molecule has 7 saturated heterocycles. The zero-order valence-electron chi connectivity index (χ0n) is 41.1. The molecule has 0 unspecified atom stereocenters. The van der Waals surface area contributed by atoms with Crippen molar-refractivity contribution in [3.05, 3.63) is 23.8 Å². The Balaban J connectivity index is 0.751. The van der Waals surface area contributed by atoms with Crippen LogP contribution in [0.3, 0.4) is 0 Å². The van der Waals surface area contributed by atoms with Crippen molar-refractivity contribution < 1.29 is 91.5 Å². The smallest absolute Gasteiger partial charge is 0.207 e. The first-order valence-electron chi connectivity index (χ1n) is 24.9. The highest BCUT2D eigenvalue weighted by atomic mass is 16.8. The van der Waals surface area contributed by atoms with Gasteiger partial charge in [0.25, 0.3) is 0 Å². The molecule has 10 aliphatic rings. The van der Waals surface area contributed by atoms with E-state index in [1.807, 2.05) is 33.8 Å². The summed E-state index contributed by atoms with van der Waals surface area (Å²) in [6.45, 7) is 12.1. The van der Waals surface area contributed by atoms with Crippen LogP contribution in [0.25, 0.3) is 0 Å². The minimum Gasteiger partial charge on any atom is -0.388 e. The summed E-state index contributed by atoms with van der Waals surface area (Å²) in [5.74, 6) is -3.16. The Labute approximate surface area is 399 Å². The average molecular weight is 969 g/mol. The highest BCUT2D eigenvalue weighted by Gasteiger charge is 2.84. The van der Waals surface area contributed by atoms with Gasteiger partial charge in [-0.15, -0.1) is 0 Å². The highest BCUT2D eigenvalue weighted by Crippen LogP contribution is 2.73. The van der Waals surface area contributed by atoms with Gasteiger partial charge in [0.15, 0.2) is 30.9 Å². The predicted molar refractivity (Wildman–Crippen MR) is 234 cm³/mol. The fourth-order valence-electron chi connectivity index (χ4n) is 14.3. The van der Waals surface area contributed by atoms with Gasteiger partial charge < -0.3 is 91.5 Å². The summed E-state index contributed by atoms with van der Waals surface area (Å²) in [5, 5.41) is 47.4. The summed E-state index contributed by atoms with van der Waals surface area (Å²) in [4.78, 5) is 0. The maximum absolute atomic E-state index is 12.6. The highest BCUT2D eigenvalue weighted by molar-refractivity contribution is 5.42. The second-order valence-electron chi connectivity index (χ2n) is 21.6. The number of aliphatic hydroxyl groups is 4. The van der Waals surface area contributed by atoms with Crippen molar-refractivity contribution in [1.29, 1.82) is 0 Å². The molecule has 19 nitrogen and oxygen atoms in total. The van der Waals surface area contributed by atoms with E-state index in [0.29, 0.717) is 51.6 Å². The SMILES string of the molecule is CO[C@@H]1[C@@H](O)[C@H](O[C@@H]2C=C3C=C[C@@]4(O)[C@H](CC[C@@]56CO[C@@]7(C)OC[C@@H](O[C@@]54O)[C@H]76)[C@@]3(C)CC2)O[C@H](C)[C@H]1O[C@H]1C[C@H](OC)[C@H](O[C@H]2C[C@H](OC)[C@H](O[C@H]3C[C@@H](OC)[C@@H](O)[C@H](C)O3)[C@@H](C)O2)[C@@H](C)O1. The van der Waals surface area contributed by atoms with Crippen molar-refractivity contribution in [2.24, 2.45) is 22.7 Å². The number of allylic oxidation sites excluding steroid dienone is 2. The van der Waals surface area contributed by atoms with Crippen LogP contribution < -0.4 is 0 Å². The summed E-state index contributed by atoms with van der Waals surface area (Å²) < 4.78 is 93.2. The third-order valence-electron chi connectivity index (χ3n) is 18.0. The van der Waals surface area contributed by atoms with Crippen molar-refractivity contribution in [3.63, 3.8) is 0 Å². The van der Waals surface area contributed by atoms with E-state index in [2.05, 4.69) is 13.0 Å². The molecule has 0 bridgehead atoms. The molecular formula is C49H76O19. The van der Waals surface area contributed by atoms with Crippen molar-refractivity contribution in [1.82, 2.24) is 0 Å². The molecule has 26 atom stereocenters. The van der Waals surface area contributed by atoms with Gasteiger partial charge in [-0.05, 0) is 77.4 Å². The summed E-state index contributed by atoms with van der Waals surface area (Å²) in [7, 11) is 6.34. The molecule has 7 heterocycles. The number of aliphatic hydroxyl groups excluding tert-OH is 2. The average Bonchev–Trinajstić information content (AvgIpc) is 3.91. The van der Waals surface area contributed by atoms with Gasteiger partial charge >= 0.3 is 0 Å². The lowest BCUT2D eigenvalue weighted by Crippen LogP contribution is -2.72. The molecule has 1 spiro atoms. The van der Waals surface area contributed by atoms with Gasteiger partial charge in [-0.3, -0.25) is 0 Å². The molecule has 1 saturated carbocycles. The summed E-state index contributed by atoms with van der Waals surface area (Å²) in [5.41, 5.74) is -1.89. The Morgan fingerprint density at radius 1 is 0.632 bits per heavy atom. The predicted octanol–water partition coefficient (Wildman–Crippen LogP) is 2.36. The zero-order chi connectivity index (χ0) is 48.3. The molecule has 0 radical (unpaired) electrons. The molecule has 0 aromatic heterocycles. The van der Waals surface area contributed by atoms with Gasteiger partial charge in [-0.2, -0.15) is 0 Å². The largest absolute Gasteiger partial charge is 0.388 e. The molecule has 0 aromatic carbocycles. The second kappa shape index (κ2) is 18.6. The van der Waals surface area contributed by atoms with Crippen molar-refractivity contribution in [2.75, 3.05) is 41.7 Å². The van der Waals surface area contributed by atoms with E-state index in [1.165, 1.54) is 7.11 Å². The molecule has 3 aliphatic carbocycles. The van der Waals surface area contributed by atoms with Crippen molar-refractivity contribution >= 4 is 0 Å². The van der Waals surface area contributed by atoms with Gasteiger partial charge in [-0.25, -0.2) is 0 Å².